The number of carbonyl (C=O) groups is 1. The van der Waals surface area contributed by atoms with E-state index in [1.165, 1.54) is 11.3 Å². The predicted molar refractivity (Wildman–Crippen MR) is 71.3 cm³/mol. The summed E-state index contributed by atoms with van der Waals surface area (Å²) < 4.78 is 0. The van der Waals surface area contributed by atoms with Crippen LogP contribution in [-0.2, 0) is 6.54 Å². The van der Waals surface area contributed by atoms with E-state index in [9.17, 15) is 4.79 Å². The molecule has 0 aromatic carbocycles. The SMILES string of the molecule is CN1CCN(Cc2ccc(C(=O)O)s2)CC1.Cl. The molecule has 0 radical (unpaired) electrons. The highest BCUT2D eigenvalue weighted by molar-refractivity contribution is 7.13. The summed E-state index contributed by atoms with van der Waals surface area (Å²) in [5.74, 6) is -0.824. The minimum Gasteiger partial charge on any atom is -0.477 e. The van der Waals surface area contributed by atoms with Gasteiger partial charge in [-0.15, -0.1) is 23.7 Å². The van der Waals surface area contributed by atoms with E-state index in [1.54, 1.807) is 6.07 Å². The highest BCUT2D eigenvalue weighted by Gasteiger charge is 2.15. The molecule has 0 unspecified atom stereocenters. The molecule has 17 heavy (non-hydrogen) atoms. The molecule has 1 saturated heterocycles. The standard InChI is InChI=1S/C11H16N2O2S.ClH/c1-12-4-6-13(7-5-12)8-9-2-3-10(16-9)11(14)15;/h2-3H,4-8H2,1H3,(H,14,15);1H. The number of likely N-dealkylation sites (N-methyl/N-ethyl adjacent to an activating group) is 1. The molecule has 0 atom stereocenters. The van der Waals surface area contributed by atoms with Crippen molar-refractivity contribution in [3.05, 3.63) is 21.9 Å². The lowest BCUT2D eigenvalue weighted by Gasteiger charge is -2.31. The molecule has 0 aliphatic carbocycles. The van der Waals surface area contributed by atoms with E-state index in [4.69, 9.17) is 5.11 Å². The van der Waals surface area contributed by atoms with Crippen LogP contribution in [0.2, 0.25) is 0 Å². The monoisotopic (exact) mass is 276 g/mol. The van der Waals surface area contributed by atoms with Gasteiger partial charge in [-0.2, -0.15) is 0 Å². The second-order valence-electron chi connectivity index (χ2n) is 4.15. The van der Waals surface area contributed by atoms with E-state index in [-0.39, 0.29) is 12.4 Å². The maximum absolute atomic E-state index is 10.7. The van der Waals surface area contributed by atoms with Crippen molar-refractivity contribution in [3.8, 4) is 0 Å². The van der Waals surface area contributed by atoms with Crippen molar-refractivity contribution in [3.63, 3.8) is 0 Å². The molecule has 0 bridgehead atoms. The summed E-state index contributed by atoms with van der Waals surface area (Å²) >= 11 is 1.38. The lowest BCUT2D eigenvalue weighted by atomic mass is 10.3. The molecule has 1 aliphatic heterocycles. The van der Waals surface area contributed by atoms with E-state index in [0.29, 0.717) is 4.88 Å². The number of thiophene rings is 1. The van der Waals surface area contributed by atoms with Crippen molar-refractivity contribution in [1.82, 2.24) is 9.80 Å². The largest absolute Gasteiger partial charge is 0.477 e. The van der Waals surface area contributed by atoms with Crippen LogP contribution in [0.4, 0.5) is 0 Å². The fourth-order valence-corrected chi connectivity index (χ4v) is 2.69. The summed E-state index contributed by atoms with van der Waals surface area (Å²) in [6.07, 6.45) is 0. The third-order valence-electron chi connectivity index (χ3n) is 2.85. The highest BCUT2D eigenvalue weighted by Crippen LogP contribution is 2.18. The van der Waals surface area contributed by atoms with Crippen molar-refractivity contribution in [2.75, 3.05) is 33.2 Å². The van der Waals surface area contributed by atoms with Crippen molar-refractivity contribution >= 4 is 29.7 Å². The summed E-state index contributed by atoms with van der Waals surface area (Å²) in [4.78, 5) is 17.0. The zero-order chi connectivity index (χ0) is 11.5. The molecule has 0 spiro atoms. The Labute approximate surface area is 111 Å². The fourth-order valence-electron chi connectivity index (χ4n) is 1.80. The number of piperazine rings is 1. The van der Waals surface area contributed by atoms with Crippen LogP contribution >= 0.6 is 23.7 Å². The Morgan fingerprint density at radius 1 is 1.35 bits per heavy atom. The zero-order valence-corrected chi connectivity index (χ0v) is 11.4. The zero-order valence-electron chi connectivity index (χ0n) is 9.76. The van der Waals surface area contributed by atoms with Crippen molar-refractivity contribution in [1.29, 1.82) is 0 Å². The number of hydrogen-bond acceptors (Lipinski definition) is 4. The van der Waals surface area contributed by atoms with Crippen LogP contribution in [0.25, 0.3) is 0 Å². The van der Waals surface area contributed by atoms with Gasteiger partial charge in [-0.05, 0) is 19.2 Å². The number of hydrogen-bond donors (Lipinski definition) is 1. The average Bonchev–Trinajstić information content (AvgIpc) is 2.70. The molecule has 0 saturated carbocycles. The van der Waals surface area contributed by atoms with E-state index >= 15 is 0 Å². The first-order valence-corrected chi connectivity index (χ1v) is 6.20. The van der Waals surface area contributed by atoms with Gasteiger partial charge in [-0.25, -0.2) is 4.79 Å². The van der Waals surface area contributed by atoms with Gasteiger partial charge >= 0.3 is 5.97 Å². The van der Waals surface area contributed by atoms with Crippen LogP contribution in [0, 0.1) is 0 Å². The van der Waals surface area contributed by atoms with Gasteiger partial charge in [-0.1, -0.05) is 0 Å². The molecule has 1 fully saturated rings. The third kappa shape index (κ3) is 3.96. The third-order valence-corrected chi connectivity index (χ3v) is 3.91. The quantitative estimate of drug-likeness (QED) is 0.911. The van der Waals surface area contributed by atoms with E-state index in [1.807, 2.05) is 6.07 Å². The molecule has 2 rings (SSSR count). The van der Waals surface area contributed by atoms with Crippen LogP contribution in [0.5, 0.6) is 0 Å². The second-order valence-corrected chi connectivity index (χ2v) is 5.32. The normalized spacial score (nSPS) is 17.7. The molecule has 4 nitrogen and oxygen atoms in total. The van der Waals surface area contributed by atoms with E-state index in [2.05, 4.69) is 16.8 Å². The summed E-state index contributed by atoms with van der Waals surface area (Å²) in [5, 5.41) is 8.83. The first-order valence-electron chi connectivity index (χ1n) is 5.38. The summed E-state index contributed by atoms with van der Waals surface area (Å²) in [6.45, 7) is 5.20. The van der Waals surface area contributed by atoms with E-state index in [0.717, 1.165) is 37.6 Å². The number of aromatic carboxylic acids is 1. The molecule has 1 N–H and O–H groups in total. The molecule has 96 valence electrons. The van der Waals surface area contributed by atoms with Gasteiger partial charge in [0.2, 0.25) is 0 Å². The molecule has 1 aromatic heterocycles. The van der Waals surface area contributed by atoms with Crippen LogP contribution in [0.15, 0.2) is 12.1 Å². The van der Waals surface area contributed by atoms with Gasteiger partial charge in [0.25, 0.3) is 0 Å². The molecular formula is C11H17ClN2O2S. The Balaban J connectivity index is 0.00000144. The van der Waals surface area contributed by atoms with Crippen molar-refractivity contribution < 1.29 is 9.90 Å². The van der Waals surface area contributed by atoms with Crippen LogP contribution in [0.3, 0.4) is 0 Å². The molecule has 1 aromatic rings. The maximum Gasteiger partial charge on any atom is 0.345 e. The lowest BCUT2D eigenvalue weighted by Crippen LogP contribution is -2.43. The van der Waals surface area contributed by atoms with Crippen LogP contribution in [0.1, 0.15) is 14.5 Å². The summed E-state index contributed by atoms with van der Waals surface area (Å²) in [6, 6.07) is 3.62. The van der Waals surface area contributed by atoms with Gasteiger partial charge in [0.05, 0.1) is 0 Å². The van der Waals surface area contributed by atoms with E-state index < -0.39 is 5.97 Å². The predicted octanol–water partition coefficient (Wildman–Crippen LogP) is 1.62. The molecule has 1 aliphatic rings. The van der Waals surface area contributed by atoms with Gasteiger partial charge in [0.1, 0.15) is 4.88 Å². The molecular weight excluding hydrogens is 260 g/mol. The Kier molecular flexibility index (Phi) is 5.39. The highest BCUT2D eigenvalue weighted by atomic mass is 35.5. The van der Waals surface area contributed by atoms with Crippen LogP contribution in [-0.4, -0.2) is 54.1 Å². The first kappa shape index (κ1) is 14.4. The lowest BCUT2D eigenvalue weighted by molar-refractivity contribution is 0.0702. The van der Waals surface area contributed by atoms with Gasteiger partial charge in [-0.3, -0.25) is 4.90 Å². The minimum atomic E-state index is -0.824. The number of nitrogens with zero attached hydrogens (tertiary/aromatic N) is 2. The van der Waals surface area contributed by atoms with Crippen molar-refractivity contribution in [2.24, 2.45) is 0 Å². The fraction of sp³-hybridized carbons (Fsp3) is 0.545. The first-order chi connectivity index (χ1) is 7.65. The summed E-state index contributed by atoms with van der Waals surface area (Å²) in [7, 11) is 2.13. The Morgan fingerprint density at radius 3 is 2.53 bits per heavy atom. The minimum absolute atomic E-state index is 0. The molecule has 6 heteroatoms. The van der Waals surface area contributed by atoms with Gasteiger partial charge in [0, 0.05) is 37.6 Å². The average molecular weight is 277 g/mol. The molecule has 2 heterocycles. The van der Waals surface area contributed by atoms with Crippen LogP contribution < -0.4 is 0 Å². The number of carboxylic acids is 1. The van der Waals surface area contributed by atoms with Crippen molar-refractivity contribution in [2.45, 2.75) is 6.54 Å². The van der Waals surface area contributed by atoms with Gasteiger partial charge in [0.15, 0.2) is 0 Å². The topological polar surface area (TPSA) is 43.8 Å². The Hall–Kier alpha value is -0.620. The Morgan fingerprint density at radius 2 is 2.00 bits per heavy atom. The smallest absolute Gasteiger partial charge is 0.345 e. The second kappa shape index (κ2) is 6.35. The summed E-state index contributed by atoms with van der Waals surface area (Å²) in [5.41, 5.74) is 0. The maximum atomic E-state index is 10.7. The molecule has 0 amide bonds. The van der Waals surface area contributed by atoms with Gasteiger partial charge < -0.3 is 10.0 Å². The number of halogens is 1. The Bertz CT molecular complexity index is 375. The number of rotatable bonds is 3. The number of carboxylic acid groups (broad SMARTS) is 1.